The molecule has 3 rings (SSSR count). The van der Waals surface area contributed by atoms with Crippen LogP contribution < -0.4 is 4.74 Å². The van der Waals surface area contributed by atoms with Gasteiger partial charge in [0.15, 0.2) is 0 Å². The van der Waals surface area contributed by atoms with E-state index in [-0.39, 0.29) is 12.4 Å². The van der Waals surface area contributed by atoms with Gasteiger partial charge in [-0.05, 0) is 35.9 Å². The summed E-state index contributed by atoms with van der Waals surface area (Å²) in [5.41, 5.74) is 1.95. The Morgan fingerprint density at radius 2 is 2.17 bits per heavy atom. The number of nitrogens with zero attached hydrogens (tertiary/aromatic N) is 2. The lowest BCUT2D eigenvalue weighted by molar-refractivity contribution is -0.136. The van der Waals surface area contributed by atoms with Gasteiger partial charge in [0.2, 0.25) is 0 Å². The quantitative estimate of drug-likeness (QED) is 0.745. The number of fused-ring (bicyclic) bond motifs is 1. The molecule has 6 heteroatoms. The van der Waals surface area contributed by atoms with Gasteiger partial charge in [-0.2, -0.15) is 4.98 Å². The van der Waals surface area contributed by atoms with Crippen LogP contribution in [0, 0.1) is 12.5 Å². The first-order valence-electron chi connectivity index (χ1n) is 6.70. The van der Waals surface area contributed by atoms with Crippen LogP contribution >= 0.6 is 11.6 Å². The standard InChI is InChI=1S/C17H11ClN2O3/c1-2-20-15-10-12(18)6-7-14(15)19-17(20)23-13-5-3-4-11(8-13)9-16(21)22/h1,3-8,10H,9H2,(H,21,22). The third-order valence-electron chi connectivity index (χ3n) is 3.18. The van der Waals surface area contributed by atoms with E-state index in [4.69, 9.17) is 27.9 Å². The Balaban J connectivity index is 1.99. The van der Waals surface area contributed by atoms with E-state index in [2.05, 4.69) is 11.0 Å². The molecule has 0 aliphatic rings. The van der Waals surface area contributed by atoms with E-state index >= 15 is 0 Å². The molecule has 0 spiro atoms. The van der Waals surface area contributed by atoms with Crippen molar-refractivity contribution < 1.29 is 14.6 Å². The predicted molar refractivity (Wildman–Crippen MR) is 86.8 cm³/mol. The van der Waals surface area contributed by atoms with Crippen LogP contribution in [-0.4, -0.2) is 20.6 Å². The van der Waals surface area contributed by atoms with Gasteiger partial charge >= 0.3 is 12.0 Å². The second-order valence-electron chi connectivity index (χ2n) is 4.81. The molecule has 0 bridgehead atoms. The molecule has 2 aromatic carbocycles. The molecular formula is C17H11ClN2O3. The maximum atomic E-state index is 10.8. The minimum absolute atomic E-state index is 0.0850. The maximum Gasteiger partial charge on any atom is 0.315 e. The SMILES string of the molecule is C#Cn1c(Oc2cccc(CC(=O)O)c2)nc2ccc(Cl)cc21. The number of imidazole rings is 1. The van der Waals surface area contributed by atoms with E-state index in [1.807, 2.05) is 0 Å². The fourth-order valence-corrected chi connectivity index (χ4v) is 2.38. The average molecular weight is 327 g/mol. The zero-order valence-corrected chi connectivity index (χ0v) is 12.6. The number of carboxylic acids is 1. The van der Waals surface area contributed by atoms with Crippen molar-refractivity contribution in [2.75, 3.05) is 0 Å². The third kappa shape index (κ3) is 3.12. The fraction of sp³-hybridized carbons (Fsp3) is 0.0588. The van der Waals surface area contributed by atoms with E-state index in [1.165, 1.54) is 4.57 Å². The number of terminal acetylenes is 1. The van der Waals surface area contributed by atoms with Gasteiger partial charge in [0.05, 0.1) is 17.5 Å². The lowest BCUT2D eigenvalue weighted by Crippen LogP contribution is -2.00. The highest BCUT2D eigenvalue weighted by atomic mass is 35.5. The lowest BCUT2D eigenvalue weighted by atomic mass is 10.1. The summed E-state index contributed by atoms with van der Waals surface area (Å²) in [5, 5.41) is 9.40. The van der Waals surface area contributed by atoms with Crippen LogP contribution in [0.1, 0.15) is 5.56 Å². The molecule has 0 saturated heterocycles. The van der Waals surface area contributed by atoms with Crippen LogP contribution in [0.5, 0.6) is 11.8 Å². The number of halogens is 1. The Bertz CT molecular complexity index is 941. The monoisotopic (exact) mass is 326 g/mol. The number of aliphatic carboxylic acids is 1. The Hall–Kier alpha value is -2.97. The number of aromatic nitrogens is 2. The zero-order chi connectivity index (χ0) is 16.4. The number of rotatable bonds is 4. The minimum atomic E-state index is -0.910. The first kappa shape index (κ1) is 14.9. The van der Waals surface area contributed by atoms with E-state index in [9.17, 15) is 4.79 Å². The molecular weight excluding hydrogens is 316 g/mol. The van der Waals surface area contributed by atoms with Crippen LogP contribution in [0.25, 0.3) is 11.0 Å². The Morgan fingerprint density at radius 1 is 1.35 bits per heavy atom. The van der Waals surface area contributed by atoms with Crippen molar-refractivity contribution in [3.05, 3.63) is 53.1 Å². The highest BCUT2D eigenvalue weighted by Crippen LogP contribution is 2.27. The van der Waals surface area contributed by atoms with Gasteiger partial charge in [-0.15, -0.1) is 0 Å². The summed E-state index contributed by atoms with van der Waals surface area (Å²) in [5.74, 6) is -0.450. The summed E-state index contributed by atoms with van der Waals surface area (Å²) >= 11 is 5.98. The summed E-state index contributed by atoms with van der Waals surface area (Å²) in [6.07, 6.45) is 5.45. The molecule has 23 heavy (non-hydrogen) atoms. The molecule has 0 amide bonds. The number of carbonyl (C=O) groups is 1. The normalized spacial score (nSPS) is 10.4. The fourth-order valence-electron chi connectivity index (χ4n) is 2.22. The average Bonchev–Trinajstić information content (AvgIpc) is 2.83. The maximum absolute atomic E-state index is 10.8. The number of carboxylic acid groups (broad SMARTS) is 1. The largest absolute Gasteiger partial charge is 0.481 e. The minimum Gasteiger partial charge on any atom is -0.481 e. The summed E-state index contributed by atoms with van der Waals surface area (Å²) in [7, 11) is 0. The van der Waals surface area contributed by atoms with Gasteiger partial charge < -0.3 is 9.84 Å². The predicted octanol–water partition coefficient (Wildman–Crippen LogP) is 3.55. The van der Waals surface area contributed by atoms with Crippen molar-refractivity contribution in [1.29, 1.82) is 0 Å². The summed E-state index contributed by atoms with van der Waals surface area (Å²) in [6.45, 7) is 0. The molecule has 1 N–H and O–H groups in total. The van der Waals surface area contributed by atoms with Crippen LogP contribution in [-0.2, 0) is 11.2 Å². The van der Waals surface area contributed by atoms with E-state index in [0.29, 0.717) is 27.4 Å². The molecule has 0 radical (unpaired) electrons. The van der Waals surface area contributed by atoms with Crippen molar-refractivity contribution in [1.82, 2.24) is 9.55 Å². The van der Waals surface area contributed by atoms with Gasteiger partial charge in [0.1, 0.15) is 5.75 Å². The molecule has 114 valence electrons. The van der Waals surface area contributed by atoms with E-state index < -0.39 is 5.97 Å². The molecule has 1 heterocycles. The third-order valence-corrected chi connectivity index (χ3v) is 3.41. The smallest absolute Gasteiger partial charge is 0.315 e. The second-order valence-corrected chi connectivity index (χ2v) is 5.25. The van der Waals surface area contributed by atoms with E-state index in [0.717, 1.165) is 0 Å². The topological polar surface area (TPSA) is 64.3 Å². The summed E-state index contributed by atoms with van der Waals surface area (Å²) in [4.78, 5) is 15.1. The van der Waals surface area contributed by atoms with Gasteiger partial charge in [-0.25, -0.2) is 4.57 Å². The van der Waals surface area contributed by atoms with Gasteiger partial charge in [-0.1, -0.05) is 30.2 Å². The van der Waals surface area contributed by atoms with Crippen molar-refractivity contribution in [2.45, 2.75) is 6.42 Å². The highest BCUT2D eigenvalue weighted by Gasteiger charge is 2.12. The first-order valence-corrected chi connectivity index (χ1v) is 7.08. The number of ether oxygens (including phenoxy) is 1. The van der Waals surface area contributed by atoms with E-state index in [1.54, 1.807) is 42.5 Å². The molecule has 5 nitrogen and oxygen atoms in total. The summed E-state index contributed by atoms with van der Waals surface area (Å²) < 4.78 is 7.17. The van der Waals surface area contributed by atoms with Crippen LogP contribution in [0.3, 0.4) is 0 Å². The zero-order valence-electron chi connectivity index (χ0n) is 11.9. The molecule has 1 aromatic heterocycles. The van der Waals surface area contributed by atoms with Crippen LogP contribution in [0.15, 0.2) is 42.5 Å². The molecule has 0 unspecified atom stereocenters. The molecule has 0 aliphatic carbocycles. The lowest BCUT2D eigenvalue weighted by Gasteiger charge is -2.06. The van der Waals surface area contributed by atoms with Gasteiger partial charge in [0.25, 0.3) is 0 Å². The van der Waals surface area contributed by atoms with Crippen molar-refractivity contribution in [3.63, 3.8) is 0 Å². The number of benzene rings is 2. The van der Waals surface area contributed by atoms with Gasteiger partial charge in [0, 0.05) is 11.1 Å². The molecule has 0 saturated carbocycles. The molecule has 3 aromatic rings. The van der Waals surface area contributed by atoms with Crippen molar-refractivity contribution in [3.8, 4) is 24.2 Å². The molecule has 0 fully saturated rings. The Labute approximate surface area is 137 Å². The van der Waals surface area contributed by atoms with Crippen molar-refractivity contribution in [2.24, 2.45) is 0 Å². The van der Waals surface area contributed by atoms with Crippen LogP contribution in [0.2, 0.25) is 5.02 Å². The number of hydrogen-bond donors (Lipinski definition) is 1. The molecule has 0 atom stereocenters. The highest BCUT2D eigenvalue weighted by molar-refractivity contribution is 6.31. The summed E-state index contributed by atoms with van der Waals surface area (Å²) in [6, 6.07) is 14.7. The Morgan fingerprint density at radius 3 is 2.91 bits per heavy atom. The van der Waals surface area contributed by atoms with Gasteiger partial charge in [-0.3, -0.25) is 4.79 Å². The second kappa shape index (κ2) is 6.03. The van der Waals surface area contributed by atoms with Crippen molar-refractivity contribution >= 4 is 28.6 Å². The number of hydrogen-bond acceptors (Lipinski definition) is 3. The molecule has 0 aliphatic heterocycles. The Kier molecular flexibility index (Phi) is 3.92. The van der Waals surface area contributed by atoms with Crippen LogP contribution in [0.4, 0.5) is 0 Å². The first-order chi connectivity index (χ1) is 11.1.